The molecule has 2 saturated heterocycles. The van der Waals surface area contributed by atoms with Crippen LogP contribution < -0.4 is 26.6 Å². The maximum Gasteiger partial charge on any atom is 0.315 e. The monoisotopic (exact) mass is 559 g/mol. The van der Waals surface area contributed by atoms with Crippen molar-refractivity contribution in [3.05, 3.63) is 0 Å². The number of hydrogen-bond donors (Lipinski definition) is 5. The number of thioether (sulfide) groups is 1. The van der Waals surface area contributed by atoms with E-state index < -0.39 is 0 Å². The molecule has 0 aromatic rings. The smallest absolute Gasteiger partial charge is 0.315 e. The van der Waals surface area contributed by atoms with Gasteiger partial charge in [-0.3, -0.25) is 14.4 Å². The number of fused-ring (bicyclic) bond motifs is 1. The van der Waals surface area contributed by atoms with E-state index in [4.69, 9.17) is 14.2 Å². The Kier molecular flexibility index (Phi) is 16.8. The van der Waals surface area contributed by atoms with Gasteiger partial charge in [0.25, 0.3) is 0 Å². The molecule has 5 amide bonds. The third-order valence-electron chi connectivity index (χ3n) is 6.17. The lowest BCUT2D eigenvalue weighted by molar-refractivity contribution is -0.125. The first-order chi connectivity index (χ1) is 18.5. The molecule has 0 spiro atoms. The van der Waals surface area contributed by atoms with Crippen LogP contribution in [0, 0.1) is 0 Å². The van der Waals surface area contributed by atoms with Gasteiger partial charge in [0, 0.05) is 50.1 Å². The Bertz CT molecular complexity index is 730. The molecule has 0 aliphatic carbocycles. The molecule has 2 unspecified atom stereocenters. The van der Waals surface area contributed by atoms with Gasteiger partial charge < -0.3 is 40.8 Å². The van der Waals surface area contributed by atoms with E-state index in [0.29, 0.717) is 77.2 Å². The van der Waals surface area contributed by atoms with E-state index in [1.54, 1.807) is 6.92 Å². The second-order valence-corrected chi connectivity index (χ2v) is 10.5. The zero-order chi connectivity index (χ0) is 27.4. The Balaban J connectivity index is 1.26. The van der Waals surface area contributed by atoms with Crippen LogP contribution in [-0.4, -0.2) is 106 Å². The third kappa shape index (κ3) is 14.2. The summed E-state index contributed by atoms with van der Waals surface area (Å²) in [5.41, 5.74) is 0. The summed E-state index contributed by atoms with van der Waals surface area (Å²) >= 11 is 1.90. The summed E-state index contributed by atoms with van der Waals surface area (Å²) in [7, 11) is 0. The highest BCUT2D eigenvalue weighted by Gasteiger charge is 2.42. The maximum atomic E-state index is 12.0. The molecule has 2 aliphatic rings. The Morgan fingerprint density at radius 3 is 2.11 bits per heavy atom. The second kappa shape index (κ2) is 19.9. The van der Waals surface area contributed by atoms with Crippen LogP contribution in [0.3, 0.4) is 0 Å². The molecule has 2 heterocycles. The topological polar surface area (TPSA) is 156 Å². The van der Waals surface area contributed by atoms with Gasteiger partial charge in [-0.05, 0) is 25.7 Å². The largest absolute Gasteiger partial charge is 0.379 e. The number of nitrogens with one attached hydrogen (secondary N) is 5. The first-order valence-corrected chi connectivity index (χ1v) is 14.8. The van der Waals surface area contributed by atoms with Gasteiger partial charge in [0.15, 0.2) is 0 Å². The summed E-state index contributed by atoms with van der Waals surface area (Å²) in [4.78, 5) is 46.0. The van der Waals surface area contributed by atoms with Crippen LogP contribution in [0.4, 0.5) is 4.79 Å². The van der Waals surface area contributed by atoms with Crippen molar-refractivity contribution in [2.45, 2.75) is 69.2 Å². The van der Waals surface area contributed by atoms with Gasteiger partial charge in [0.2, 0.25) is 17.7 Å². The number of ether oxygens (including phenoxy) is 3. The minimum atomic E-state index is -0.208. The zero-order valence-electron chi connectivity index (χ0n) is 22.5. The van der Waals surface area contributed by atoms with E-state index in [1.807, 2.05) is 11.8 Å². The highest BCUT2D eigenvalue weighted by molar-refractivity contribution is 8.00. The number of carbonyl (C=O) groups excluding carboxylic acids is 4. The van der Waals surface area contributed by atoms with Crippen LogP contribution in [0.5, 0.6) is 0 Å². The highest BCUT2D eigenvalue weighted by atomic mass is 32.2. The highest BCUT2D eigenvalue weighted by Crippen LogP contribution is 2.33. The summed E-state index contributed by atoms with van der Waals surface area (Å²) in [6.07, 6.45) is 5.19. The molecule has 13 heteroatoms. The third-order valence-corrected chi connectivity index (χ3v) is 7.68. The first-order valence-electron chi connectivity index (χ1n) is 13.7. The maximum absolute atomic E-state index is 12.0. The number of hydrogen-bond acceptors (Lipinski definition) is 8. The van der Waals surface area contributed by atoms with Crippen molar-refractivity contribution in [1.29, 1.82) is 0 Å². The normalized spacial score (nSPS) is 19.9. The van der Waals surface area contributed by atoms with Crippen LogP contribution in [0.15, 0.2) is 0 Å². The number of amides is 5. The lowest BCUT2D eigenvalue weighted by Crippen LogP contribution is -2.37. The van der Waals surface area contributed by atoms with Crippen molar-refractivity contribution >= 4 is 35.5 Å². The van der Waals surface area contributed by atoms with Gasteiger partial charge in [0.1, 0.15) is 0 Å². The van der Waals surface area contributed by atoms with Crippen molar-refractivity contribution in [3.8, 4) is 0 Å². The quantitative estimate of drug-likeness (QED) is 0.0937. The van der Waals surface area contributed by atoms with Gasteiger partial charge in [-0.15, -0.1) is 0 Å². The van der Waals surface area contributed by atoms with Crippen LogP contribution in [-0.2, 0) is 28.6 Å². The standard InChI is InChI=1S/C25H45N5O7S/c1-2-21(31)28-17-23(33)27-10-6-12-36-14-16-37-15-13-35-11-5-9-26-22(32)8-4-3-7-20-24-19(18-38-20)29-25(34)30-24/h19-20,24H,2-18H2,1H3,(H,26,32)(H,27,33)(H,28,31)(H2,29,30,34)/t19?,20-,24?/m1/s1. The molecular formula is C25H45N5O7S. The molecule has 0 aromatic heterocycles. The molecule has 5 N–H and O–H groups in total. The van der Waals surface area contributed by atoms with E-state index in [1.165, 1.54) is 0 Å². The average Bonchev–Trinajstić information content (AvgIpc) is 3.46. The fourth-order valence-corrected chi connectivity index (χ4v) is 5.62. The number of carbonyl (C=O) groups is 4. The van der Waals surface area contributed by atoms with E-state index in [-0.39, 0.29) is 42.4 Å². The Morgan fingerprint density at radius 1 is 0.816 bits per heavy atom. The molecule has 2 aliphatic heterocycles. The summed E-state index contributed by atoms with van der Waals surface area (Å²) in [5, 5.41) is 14.6. The molecule has 0 saturated carbocycles. The molecule has 2 fully saturated rings. The number of rotatable bonds is 22. The molecule has 3 atom stereocenters. The minimum Gasteiger partial charge on any atom is -0.379 e. The van der Waals surface area contributed by atoms with Crippen molar-refractivity contribution in [1.82, 2.24) is 26.6 Å². The summed E-state index contributed by atoms with van der Waals surface area (Å²) in [6.45, 7) is 5.83. The number of unbranched alkanes of at least 4 members (excludes halogenated alkanes) is 1. The first kappa shape index (κ1) is 32.1. The molecule has 12 nitrogen and oxygen atoms in total. The van der Waals surface area contributed by atoms with Crippen LogP contribution in [0.2, 0.25) is 0 Å². The average molecular weight is 560 g/mol. The van der Waals surface area contributed by atoms with E-state index in [0.717, 1.165) is 31.4 Å². The van der Waals surface area contributed by atoms with Crippen LogP contribution in [0.25, 0.3) is 0 Å². The zero-order valence-corrected chi connectivity index (χ0v) is 23.3. The van der Waals surface area contributed by atoms with Gasteiger partial charge in [-0.25, -0.2) is 4.79 Å². The Labute approximate surface area is 229 Å². The fourth-order valence-electron chi connectivity index (χ4n) is 4.07. The molecule has 38 heavy (non-hydrogen) atoms. The van der Waals surface area contributed by atoms with Gasteiger partial charge in [0.05, 0.1) is 45.1 Å². The van der Waals surface area contributed by atoms with E-state index in [2.05, 4.69) is 26.6 Å². The fraction of sp³-hybridized carbons (Fsp3) is 0.840. The summed E-state index contributed by atoms with van der Waals surface area (Å²) in [6, 6.07) is 0.420. The summed E-state index contributed by atoms with van der Waals surface area (Å²) in [5.74, 6) is 0.684. The van der Waals surface area contributed by atoms with Crippen molar-refractivity contribution in [2.75, 3.05) is 65.0 Å². The van der Waals surface area contributed by atoms with Crippen molar-refractivity contribution in [3.63, 3.8) is 0 Å². The molecule has 218 valence electrons. The SMILES string of the molecule is CCC(=O)NCC(=O)NCCCOCCOCCOCCCNC(=O)CCCC[C@H]1SCC2NC(=O)NC21. The predicted octanol–water partition coefficient (Wildman–Crippen LogP) is 0.301. The van der Waals surface area contributed by atoms with Gasteiger partial charge >= 0.3 is 6.03 Å². The van der Waals surface area contributed by atoms with Crippen LogP contribution >= 0.6 is 11.8 Å². The van der Waals surface area contributed by atoms with Gasteiger partial charge in [-0.1, -0.05) is 13.3 Å². The lowest BCUT2D eigenvalue weighted by atomic mass is 10.0. The predicted molar refractivity (Wildman–Crippen MR) is 145 cm³/mol. The molecule has 0 bridgehead atoms. The minimum absolute atomic E-state index is 0.00140. The molecule has 0 aromatic carbocycles. The van der Waals surface area contributed by atoms with Crippen molar-refractivity contribution < 1.29 is 33.4 Å². The second-order valence-electron chi connectivity index (χ2n) is 9.24. The molecule has 2 rings (SSSR count). The molecule has 0 radical (unpaired) electrons. The Morgan fingerprint density at radius 2 is 1.45 bits per heavy atom. The molecular weight excluding hydrogens is 514 g/mol. The number of urea groups is 1. The van der Waals surface area contributed by atoms with E-state index >= 15 is 0 Å². The summed E-state index contributed by atoms with van der Waals surface area (Å²) < 4.78 is 16.4. The van der Waals surface area contributed by atoms with Crippen LogP contribution in [0.1, 0.15) is 51.9 Å². The van der Waals surface area contributed by atoms with Crippen molar-refractivity contribution in [2.24, 2.45) is 0 Å². The Hall–Kier alpha value is -2.09. The lowest BCUT2D eigenvalue weighted by Gasteiger charge is -2.16. The van der Waals surface area contributed by atoms with Gasteiger partial charge in [-0.2, -0.15) is 11.8 Å². The van der Waals surface area contributed by atoms with E-state index in [9.17, 15) is 19.2 Å².